The van der Waals surface area contributed by atoms with Gasteiger partial charge in [0.15, 0.2) is 0 Å². The Morgan fingerprint density at radius 3 is 1.83 bits per heavy atom. The highest BCUT2D eigenvalue weighted by atomic mass is 16.6. The summed E-state index contributed by atoms with van der Waals surface area (Å²) in [4.78, 5) is 40.3. The molecule has 4 rings (SSSR count). The quantitative estimate of drug-likeness (QED) is 0.245. The average molecular weight is 480 g/mol. The van der Waals surface area contributed by atoms with Gasteiger partial charge in [-0.2, -0.15) is 0 Å². The molecule has 2 aromatic heterocycles. The zero-order valence-electron chi connectivity index (χ0n) is 18.5. The lowest BCUT2D eigenvalue weighted by Crippen LogP contribution is -2.03. The van der Waals surface area contributed by atoms with E-state index in [1.165, 1.54) is 25.3 Å². The van der Waals surface area contributed by atoms with Crippen molar-refractivity contribution in [2.24, 2.45) is 0 Å². The van der Waals surface area contributed by atoms with Gasteiger partial charge in [-0.1, -0.05) is 7.43 Å². The van der Waals surface area contributed by atoms with E-state index in [-0.39, 0.29) is 36.5 Å². The molecule has 35 heavy (non-hydrogen) atoms. The Kier molecular flexibility index (Phi) is 8.46. The van der Waals surface area contributed by atoms with E-state index in [0.717, 1.165) is 11.1 Å². The minimum Gasteiger partial charge on any atom is -0.465 e. The molecular weight excluding hydrogens is 456 g/mol. The molecule has 0 aliphatic heterocycles. The summed E-state index contributed by atoms with van der Waals surface area (Å²) in [6.45, 7) is 3.47. The third-order valence-electron chi connectivity index (χ3n) is 4.86. The van der Waals surface area contributed by atoms with Gasteiger partial charge in [-0.05, 0) is 54.8 Å². The standard InChI is InChI=1S/C12H10N2O4.C11H10N2O3.CH4/c1-7-3-8-4-9(12(15)18-2)5-10(14(16)17)11(8)13-6-7;1-7-2-9-3-8(6-14)4-10(13(15)16)11(9)12-5-7;/h3-6H,1-2H3;2-5,14H,6H2,1H3;1H4. The number of pyridine rings is 2. The van der Waals surface area contributed by atoms with Gasteiger partial charge in [0.25, 0.3) is 11.4 Å². The Balaban J connectivity index is 0.000000241. The first-order valence-electron chi connectivity index (χ1n) is 9.92. The smallest absolute Gasteiger partial charge is 0.338 e. The van der Waals surface area contributed by atoms with Crippen LogP contribution in [-0.4, -0.2) is 38.0 Å². The van der Waals surface area contributed by atoms with Crippen LogP contribution in [-0.2, 0) is 11.3 Å². The highest BCUT2D eigenvalue weighted by molar-refractivity contribution is 5.98. The van der Waals surface area contributed by atoms with Crippen molar-refractivity contribution in [2.45, 2.75) is 27.9 Å². The molecule has 0 atom stereocenters. The number of hydrogen-bond donors (Lipinski definition) is 1. The summed E-state index contributed by atoms with van der Waals surface area (Å²) in [6, 6.07) is 9.33. The zero-order valence-corrected chi connectivity index (χ0v) is 18.5. The summed E-state index contributed by atoms with van der Waals surface area (Å²) in [6.07, 6.45) is 3.14. The van der Waals surface area contributed by atoms with Crippen LogP contribution >= 0.6 is 0 Å². The molecule has 2 heterocycles. The second kappa shape index (κ2) is 11.1. The van der Waals surface area contributed by atoms with Crippen molar-refractivity contribution >= 4 is 39.1 Å². The van der Waals surface area contributed by atoms with Crippen LogP contribution in [0.4, 0.5) is 11.4 Å². The van der Waals surface area contributed by atoms with E-state index in [2.05, 4.69) is 14.7 Å². The van der Waals surface area contributed by atoms with E-state index in [4.69, 9.17) is 5.11 Å². The summed E-state index contributed by atoms with van der Waals surface area (Å²) in [5.41, 5.74) is 2.80. The number of carbonyl (C=O) groups is 1. The number of aryl methyl sites for hydroxylation is 2. The van der Waals surface area contributed by atoms with Crippen LogP contribution in [0.25, 0.3) is 21.8 Å². The summed E-state index contributed by atoms with van der Waals surface area (Å²) in [5, 5.41) is 32.1. The predicted molar refractivity (Wildman–Crippen MR) is 130 cm³/mol. The van der Waals surface area contributed by atoms with E-state index in [0.29, 0.717) is 21.9 Å². The molecule has 0 spiro atoms. The number of methoxy groups -OCH3 is 1. The molecule has 11 heteroatoms. The van der Waals surface area contributed by atoms with Crippen molar-refractivity contribution in [2.75, 3.05) is 7.11 Å². The van der Waals surface area contributed by atoms with Gasteiger partial charge in [-0.3, -0.25) is 20.2 Å². The number of nitrogens with zero attached hydrogens (tertiary/aromatic N) is 4. The molecule has 0 aliphatic rings. The molecule has 0 amide bonds. The number of aliphatic hydroxyl groups excluding tert-OH is 1. The minimum atomic E-state index is -0.610. The molecule has 0 aliphatic carbocycles. The third kappa shape index (κ3) is 5.89. The summed E-state index contributed by atoms with van der Waals surface area (Å²) in [5.74, 6) is -0.610. The number of aromatic nitrogens is 2. The lowest BCUT2D eigenvalue weighted by Gasteiger charge is -2.04. The molecule has 0 radical (unpaired) electrons. The van der Waals surface area contributed by atoms with E-state index >= 15 is 0 Å². The molecule has 0 bridgehead atoms. The van der Waals surface area contributed by atoms with Gasteiger partial charge in [0.1, 0.15) is 11.0 Å². The fourth-order valence-corrected chi connectivity index (χ4v) is 3.35. The molecule has 0 saturated heterocycles. The summed E-state index contributed by atoms with van der Waals surface area (Å²) < 4.78 is 4.57. The molecule has 1 N–H and O–H groups in total. The molecule has 0 saturated carbocycles. The minimum absolute atomic E-state index is 0. The van der Waals surface area contributed by atoms with Crippen molar-refractivity contribution in [3.63, 3.8) is 0 Å². The molecule has 2 aromatic carbocycles. The highest BCUT2D eigenvalue weighted by Gasteiger charge is 2.19. The number of benzene rings is 2. The number of nitro groups is 2. The second-order valence-electron chi connectivity index (χ2n) is 7.44. The molecular formula is C24H24N4O7. The SMILES string of the molecule is C.COC(=O)c1cc([N+](=O)[O-])c2ncc(C)cc2c1.Cc1cnc2c([N+](=O)[O-])cc(CO)cc2c1. The van der Waals surface area contributed by atoms with Gasteiger partial charge in [-0.25, -0.2) is 14.8 Å². The molecule has 4 aromatic rings. The monoisotopic (exact) mass is 480 g/mol. The van der Waals surface area contributed by atoms with Gasteiger partial charge in [0.05, 0.1) is 29.1 Å². The number of fused-ring (bicyclic) bond motifs is 2. The largest absolute Gasteiger partial charge is 0.465 e. The van der Waals surface area contributed by atoms with Crippen LogP contribution in [0.5, 0.6) is 0 Å². The first-order valence-corrected chi connectivity index (χ1v) is 9.92. The fraction of sp³-hybridized carbons (Fsp3) is 0.208. The van der Waals surface area contributed by atoms with Gasteiger partial charge < -0.3 is 9.84 Å². The van der Waals surface area contributed by atoms with E-state index in [9.17, 15) is 25.0 Å². The van der Waals surface area contributed by atoms with Crippen molar-refractivity contribution in [3.05, 3.63) is 91.3 Å². The number of nitro benzene ring substituents is 2. The Morgan fingerprint density at radius 1 is 0.886 bits per heavy atom. The number of aliphatic hydroxyl groups is 1. The maximum Gasteiger partial charge on any atom is 0.338 e. The Bertz CT molecular complexity index is 1440. The zero-order chi connectivity index (χ0) is 25.0. The topological polar surface area (TPSA) is 159 Å². The summed E-state index contributed by atoms with van der Waals surface area (Å²) in [7, 11) is 1.23. The van der Waals surface area contributed by atoms with E-state index in [1.807, 2.05) is 19.9 Å². The van der Waals surface area contributed by atoms with Gasteiger partial charge >= 0.3 is 5.97 Å². The summed E-state index contributed by atoms with van der Waals surface area (Å²) >= 11 is 0. The first-order chi connectivity index (χ1) is 16.1. The number of rotatable bonds is 4. The van der Waals surface area contributed by atoms with E-state index < -0.39 is 15.8 Å². The van der Waals surface area contributed by atoms with E-state index in [1.54, 1.807) is 24.5 Å². The van der Waals surface area contributed by atoms with Crippen LogP contribution < -0.4 is 0 Å². The second-order valence-corrected chi connectivity index (χ2v) is 7.44. The van der Waals surface area contributed by atoms with Crippen LogP contribution in [0.3, 0.4) is 0 Å². The van der Waals surface area contributed by atoms with Crippen LogP contribution in [0.15, 0.2) is 48.8 Å². The number of hydrogen-bond acceptors (Lipinski definition) is 9. The van der Waals surface area contributed by atoms with Crippen molar-refractivity contribution in [1.29, 1.82) is 0 Å². The number of ether oxygens (including phenoxy) is 1. The third-order valence-corrected chi connectivity index (χ3v) is 4.86. The Morgan fingerprint density at radius 2 is 1.37 bits per heavy atom. The number of non-ortho nitro benzene ring substituents is 2. The normalized spacial score (nSPS) is 10.2. The Labute approximate surface area is 200 Å². The average Bonchev–Trinajstić information content (AvgIpc) is 2.81. The van der Waals surface area contributed by atoms with Crippen molar-refractivity contribution in [3.8, 4) is 0 Å². The molecule has 182 valence electrons. The van der Waals surface area contributed by atoms with Gasteiger partial charge in [0.2, 0.25) is 0 Å². The number of esters is 1. The maximum absolute atomic E-state index is 11.5. The Hall–Kier alpha value is -4.51. The van der Waals surface area contributed by atoms with Crippen molar-refractivity contribution < 1.29 is 24.5 Å². The molecule has 0 unspecified atom stereocenters. The highest BCUT2D eigenvalue weighted by Crippen LogP contribution is 2.27. The van der Waals surface area contributed by atoms with Crippen LogP contribution in [0.1, 0.15) is 34.5 Å². The fourth-order valence-electron chi connectivity index (χ4n) is 3.35. The van der Waals surface area contributed by atoms with Crippen LogP contribution in [0, 0.1) is 34.1 Å². The molecule has 0 fully saturated rings. The van der Waals surface area contributed by atoms with Crippen molar-refractivity contribution in [1.82, 2.24) is 9.97 Å². The van der Waals surface area contributed by atoms with Gasteiger partial charge in [-0.15, -0.1) is 0 Å². The van der Waals surface area contributed by atoms with Gasteiger partial charge in [0, 0.05) is 35.3 Å². The number of carbonyl (C=O) groups excluding carboxylic acids is 1. The predicted octanol–water partition coefficient (Wildman–Crippen LogP) is 4.82. The maximum atomic E-state index is 11.5. The van der Waals surface area contributed by atoms with Crippen LogP contribution in [0.2, 0.25) is 0 Å². The first kappa shape index (κ1) is 26.7. The molecule has 11 nitrogen and oxygen atoms in total. The lowest BCUT2D eigenvalue weighted by molar-refractivity contribution is -0.383. The lowest BCUT2D eigenvalue weighted by atomic mass is 10.1.